The minimum atomic E-state index is 0.157. The average molecular weight is 337 g/mol. The number of amides is 1. The fourth-order valence-corrected chi connectivity index (χ4v) is 3.21. The van der Waals surface area contributed by atoms with Crippen LogP contribution in [0.1, 0.15) is 17.7 Å². The van der Waals surface area contributed by atoms with E-state index in [1.54, 1.807) is 0 Å². The van der Waals surface area contributed by atoms with E-state index in [-0.39, 0.29) is 11.9 Å². The Morgan fingerprint density at radius 3 is 3.00 bits per heavy atom. The average Bonchev–Trinajstić information content (AvgIpc) is 3.24. The summed E-state index contributed by atoms with van der Waals surface area (Å²) in [5.74, 6) is 0.871. The summed E-state index contributed by atoms with van der Waals surface area (Å²) in [5.41, 5.74) is 2.28. The molecule has 1 aromatic carbocycles. The van der Waals surface area contributed by atoms with Crippen molar-refractivity contribution in [1.82, 2.24) is 20.0 Å². The zero-order valence-corrected chi connectivity index (χ0v) is 14.0. The number of likely N-dealkylation sites (tertiary alicyclic amines) is 1. The Bertz CT molecular complexity index is 893. The van der Waals surface area contributed by atoms with Crippen molar-refractivity contribution in [1.29, 1.82) is 0 Å². The molecule has 0 saturated carbocycles. The highest BCUT2D eigenvalue weighted by atomic mass is 16.5. The fraction of sp³-hybridized carbons (Fsp3) is 0.333. The normalized spacial score (nSPS) is 17.2. The molecule has 0 radical (unpaired) electrons. The standard InChI is InChI=1S/C18H19N5O2/c1-12-16-17(19-11-20-18(16)25-22-12)21-14-7-8-23(10-14)15(24)9-13-5-3-2-4-6-13/h2-6,11,14H,7-10H2,1H3,(H,19,20,21). The molecule has 1 unspecified atom stereocenters. The molecule has 1 atom stereocenters. The van der Waals surface area contributed by atoms with Crippen molar-refractivity contribution in [2.24, 2.45) is 0 Å². The Hall–Kier alpha value is -2.96. The van der Waals surface area contributed by atoms with Crippen molar-refractivity contribution in [2.45, 2.75) is 25.8 Å². The number of aryl methyl sites for hydroxylation is 1. The van der Waals surface area contributed by atoms with Gasteiger partial charge in [0.1, 0.15) is 17.5 Å². The highest BCUT2D eigenvalue weighted by Crippen LogP contribution is 2.24. The van der Waals surface area contributed by atoms with E-state index < -0.39 is 0 Å². The van der Waals surface area contributed by atoms with Crippen molar-refractivity contribution in [3.05, 3.63) is 47.9 Å². The van der Waals surface area contributed by atoms with Gasteiger partial charge in [-0.2, -0.15) is 4.98 Å². The van der Waals surface area contributed by atoms with Crippen LogP contribution >= 0.6 is 0 Å². The second-order valence-corrected chi connectivity index (χ2v) is 6.30. The van der Waals surface area contributed by atoms with Crippen molar-refractivity contribution in [3.63, 3.8) is 0 Å². The lowest BCUT2D eigenvalue weighted by molar-refractivity contribution is -0.129. The summed E-state index contributed by atoms with van der Waals surface area (Å²) >= 11 is 0. The van der Waals surface area contributed by atoms with Crippen LogP contribution in [0, 0.1) is 6.92 Å². The summed E-state index contributed by atoms with van der Waals surface area (Å²) in [7, 11) is 0. The molecule has 0 spiro atoms. The first kappa shape index (κ1) is 15.6. The first-order valence-electron chi connectivity index (χ1n) is 8.36. The molecule has 1 aliphatic heterocycles. The number of anilines is 1. The third-order valence-electron chi connectivity index (χ3n) is 4.52. The van der Waals surface area contributed by atoms with Gasteiger partial charge in [0, 0.05) is 19.1 Å². The maximum atomic E-state index is 12.5. The minimum absolute atomic E-state index is 0.157. The predicted molar refractivity (Wildman–Crippen MR) is 93.1 cm³/mol. The maximum Gasteiger partial charge on any atom is 0.263 e. The van der Waals surface area contributed by atoms with Crippen molar-refractivity contribution in [3.8, 4) is 0 Å². The Kier molecular flexibility index (Phi) is 4.05. The van der Waals surface area contributed by atoms with Crippen molar-refractivity contribution < 1.29 is 9.32 Å². The van der Waals surface area contributed by atoms with Gasteiger partial charge in [0.2, 0.25) is 5.91 Å². The molecule has 25 heavy (non-hydrogen) atoms. The van der Waals surface area contributed by atoms with E-state index in [1.807, 2.05) is 42.2 Å². The zero-order valence-electron chi connectivity index (χ0n) is 14.0. The van der Waals surface area contributed by atoms with Crippen LogP contribution in [0.4, 0.5) is 5.82 Å². The molecule has 0 bridgehead atoms. The predicted octanol–water partition coefficient (Wildman–Crippen LogP) is 2.18. The van der Waals surface area contributed by atoms with Gasteiger partial charge in [-0.25, -0.2) is 4.98 Å². The number of rotatable bonds is 4. The molecule has 3 aromatic rings. The Morgan fingerprint density at radius 1 is 1.32 bits per heavy atom. The zero-order chi connectivity index (χ0) is 17.2. The number of nitrogens with one attached hydrogen (secondary N) is 1. The number of nitrogens with zero attached hydrogens (tertiary/aromatic N) is 4. The lowest BCUT2D eigenvalue weighted by atomic mass is 10.1. The highest BCUT2D eigenvalue weighted by molar-refractivity contribution is 5.87. The smallest absolute Gasteiger partial charge is 0.263 e. The number of aromatic nitrogens is 3. The number of hydrogen-bond donors (Lipinski definition) is 1. The van der Waals surface area contributed by atoms with E-state index in [4.69, 9.17) is 4.52 Å². The van der Waals surface area contributed by atoms with Crippen LogP contribution < -0.4 is 5.32 Å². The maximum absolute atomic E-state index is 12.5. The topological polar surface area (TPSA) is 84.2 Å². The van der Waals surface area contributed by atoms with E-state index in [9.17, 15) is 4.79 Å². The molecular weight excluding hydrogens is 318 g/mol. The van der Waals surface area contributed by atoms with E-state index in [0.717, 1.165) is 29.6 Å². The molecule has 1 N–H and O–H groups in total. The molecule has 2 aromatic heterocycles. The van der Waals surface area contributed by atoms with Gasteiger partial charge in [-0.15, -0.1) is 0 Å². The van der Waals surface area contributed by atoms with Crippen LogP contribution in [0.3, 0.4) is 0 Å². The van der Waals surface area contributed by atoms with Crippen LogP contribution in [0.5, 0.6) is 0 Å². The van der Waals surface area contributed by atoms with Gasteiger partial charge in [0.05, 0.1) is 12.1 Å². The van der Waals surface area contributed by atoms with Crippen LogP contribution in [0.15, 0.2) is 41.2 Å². The summed E-state index contributed by atoms with van der Waals surface area (Å²) in [5, 5.41) is 8.16. The van der Waals surface area contributed by atoms with E-state index >= 15 is 0 Å². The van der Waals surface area contributed by atoms with E-state index in [1.165, 1.54) is 6.33 Å². The number of hydrogen-bond acceptors (Lipinski definition) is 6. The molecule has 0 aliphatic carbocycles. The molecule has 1 aliphatic rings. The molecule has 1 saturated heterocycles. The van der Waals surface area contributed by atoms with Crippen LogP contribution in [-0.2, 0) is 11.2 Å². The highest BCUT2D eigenvalue weighted by Gasteiger charge is 2.27. The third kappa shape index (κ3) is 3.17. The van der Waals surface area contributed by atoms with Gasteiger partial charge in [0.15, 0.2) is 0 Å². The third-order valence-corrected chi connectivity index (χ3v) is 4.52. The SMILES string of the molecule is Cc1noc2ncnc(NC3CCN(C(=O)Cc4ccccc4)C3)c12. The van der Waals surface area contributed by atoms with Gasteiger partial charge < -0.3 is 14.7 Å². The van der Waals surface area contributed by atoms with Gasteiger partial charge >= 0.3 is 0 Å². The number of carbonyl (C=O) groups excluding carboxylic acids is 1. The summed E-state index contributed by atoms with van der Waals surface area (Å²) < 4.78 is 5.17. The van der Waals surface area contributed by atoms with Gasteiger partial charge in [-0.05, 0) is 18.9 Å². The van der Waals surface area contributed by atoms with Gasteiger partial charge in [0.25, 0.3) is 5.71 Å². The summed E-state index contributed by atoms with van der Waals surface area (Å²) in [6.07, 6.45) is 2.79. The fourth-order valence-electron chi connectivity index (χ4n) is 3.21. The minimum Gasteiger partial charge on any atom is -0.365 e. The van der Waals surface area contributed by atoms with Crippen molar-refractivity contribution >= 4 is 22.8 Å². The molecule has 7 nitrogen and oxygen atoms in total. The Morgan fingerprint density at radius 2 is 2.16 bits per heavy atom. The summed E-state index contributed by atoms with van der Waals surface area (Å²) in [6.45, 7) is 3.28. The molecule has 1 fully saturated rings. The first-order valence-corrected chi connectivity index (χ1v) is 8.36. The first-order chi connectivity index (χ1) is 12.2. The van der Waals surface area contributed by atoms with Crippen LogP contribution in [0.2, 0.25) is 0 Å². The Balaban J connectivity index is 1.42. The van der Waals surface area contributed by atoms with Crippen LogP contribution in [0.25, 0.3) is 11.1 Å². The Labute approximate surface area is 145 Å². The van der Waals surface area contributed by atoms with Gasteiger partial charge in [-0.1, -0.05) is 35.5 Å². The second kappa shape index (κ2) is 6.51. The molecule has 3 heterocycles. The quantitative estimate of drug-likeness (QED) is 0.785. The van der Waals surface area contributed by atoms with Crippen molar-refractivity contribution in [2.75, 3.05) is 18.4 Å². The number of fused-ring (bicyclic) bond motifs is 1. The summed E-state index contributed by atoms with van der Waals surface area (Å²) in [4.78, 5) is 22.8. The molecule has 4 rings (SSSR count). The summed E-state index contributed by atoms with van der Waals surface area (Å²) in [6, 6.07) is 9.99. The second-order valence-electron chi connectivity index (χ2n) is 6.30. The number of benzene rings is 1. The lowest BCUT2D eigenvalue weighted by Crippen LogP contribution is -2.32. The van der Waals surface area contributed by atoms with E-state index in [2.05, 4.69) is 20.4 Å². The molecule has 1 amide bonds. The largest absolute Gasteiger partial charge is 0.365 e. The number of carbonyl (C=O) groups is 1. The monoisotopic (exact) mass is 337 g/mol. The molecule has 128 valence electrons. The molecular formula is C18H19N5O2. The van der Waals surface area contributed by atoms with Crippen LogP contribution in [-0.4, -0.2) is 45.1 Å². The molecule has 7 heteroatoms. The lowest BCUT2D eigenvalue weighted by Gasteiger charge is -2.17. The van der Waals surface area contributed by atoms with E-state index in [0.29, 0.717) is 24.5 Å². The van der Waals surface area contributed by atoms with Gasteiger partial charge in [-0.3, -0.25) is 4.79 Å².